The summed E-state index contributed by atoms with van der Waals surface area (Å²) in [6, 6.07) is 11.9. The first-order chi connectivity index (χ1) is 13.5. The highest BCUT2D eigenvalue weighted by atomic mass is 16.5. The van der Waals surface area contributed by atoms with E-state index in [1.54, 1.807) is 0 Å². The Bertz CT molecular complexity index is 934. The van der Waals surface area contributed by atoms with Gasteiger partial charge >= 0.3 is 5.97 Å². The normalized spacial score (nSPS) is 10.9. The zero-order valence-electron chi connectivity index (χ0n) is 16.1. The SMILES string of the molecule is CCc1c(OCCN(C)c2nc3ccccc3o2)ccc(CCC(=O)O)c1N. The van der Waals surface area contributed by atoms with Crippen molar-refractivity contribution < 1.29 is 19.1 Å². The lowest BCUT2D eigenvalue weighted by atomic mass is 10.0. The summed E-state index contributed by atoms with van der Waals surface area (Å²) in [5.41, 5.74) is 10.2. The number of ether oxygens (including phenoxy) is 1. The number of aryl methyl sites for hydroxylation is 1. The number of carbonyl (C=O) groups is 1. The molecular weight excluding hydrogens is 358 g/mol. The van der Waals surface area contributed by atoms with Crippen molar-refractivity contribution in [3.8, 4) is 5.75 Å². The number of likely N-dealkylation sites (N-methyl/N-ethyl adjacent to an activating group) is 1. The molecule has 3 aromatic rings. The van der Waals surface area contributed by atoms with Crippen LogP contribution in [0.25, 0.3) is 11.1 Å². The van der Waals surface area contributed by atoms with E-state index in [1.807, 2.05) is 55.3 Å². The third-order valence-corrected chi connectivity index (χ3v) is 4.66. The number of rotatable bonds is 9. The predicted octanol–water partition coefficient (Wildman–Crippen LogP) is 3.50. The van der Waals surface area contributed by atoms with Crippen molar-refractivity contribution in [3.05, 3.63) is 47.5 Å². The van der Waals surface area contributed by atoms with E-state index in [9.17, 15) is 4.79 Å². The lowest BCUT2D eigenvalue weighted by molar-refractivity contribution is -0.136. The topological polar surface area (TPSA) is 102 Å². The van der Waals surface area contributed by atoms with Gasteiger partial charge in [-0.3, -0.25) is 4.79 Å². The van der Waals surface area contributed by atoms with Crippen molar-refractivity contribution in [2.45, 2.75) is 26.2 Å². The monoisotopic (exact) mass is 383 g/mol. The van der Waals surface area contributed by atoms with Crippen LogP contribution in [0.4, 0.5) is 11.7 Å². The third kappa shape index (κ3) is 4.36. The summed E-state index contributed by atoms with van der Waals surface area (Å²) in [6.45, 7) is 3.04. The van der Waals surface area contributed by atoms with Crippen molar-refractivity contribution in [1.29, 1.82) is 0 Å². The lowest BCUT2D eigenvalue weighted by Gasteiger charge is -2.18. The van der Waals surface area contributed by atoms with Crippen molar-refractivity contribution >= 4 is 28.8 Å². The van der Waals surface area contributed by atoms with Crippen LogP contribution in [-0.2, 0) is 17.6 Å². The quantitative estimate of drug-likeness (QED) is 0.545. The van der Waals surface area contributed by atoms with Crippen LogP contribution in [0.1, 0.15) is 24.5 Å². The molecule has 0 radical (unpaired) electrons. The molecule has 0 amide bonds. The van der Waals surface area contributed by atoms with E-state index in [2.05, 4.69) is 4.98 Å². The second-order valence-corrected chi connectivity index (χ2v) is 6.60. The van der Waals surface area contributed by atoms with Crippen LogP contribution in [-0.4, -0.2) is 36.3 Å². The minimum Gasteiger partial charge on any atom is -0.491 e. The number of anilines is 2. The summed E-state index contributed by atoms with van der Waals surface area (Å²) in [4.78, 5) is 17.2. The second-order valence-electron chi connectivity index (χ2n) is 6.60. The minimum atomic E-state index is -0.833. The standard InChI is InChI=1S/C21H25N3O4/c1-3-15-17(10-8-14(20(15)22)9-11-19(25)26)27-13-12-24(2)21-23-16-6-4-5-7-18(16)28-21/h4-8,10H,3,9,11-13,22H2,1-2H3,(H,25,26). The highest BCUT2D eigenvalue weighted by Gasteiger charge is 2.13. The Kier molecular flexibility index (Phi) is 6.03. The molecule has 0 saturated heterocycles. The van der Waals surface area contributed by atoms with Gasteiger partial charge in [-0.15, -0.1) is 0 Å². The van der Waals surface area contributed by atoms with Crippen LogP contribution >= 0.6 is 0 Å². The summed E-state index contributed by atoms with van der Waals surface area (Å²) >= 11 is 0. The average Bonchev–Trinajstić information content (AvgIpc) is 3.11. The van der Waals surface area contributed by atoms with E-state index in [4.69, 9.17) is 20.0 Å². The Hall–Kier alpha value is -3.22. The van der Waals surface area contributed by atoms with Crippen LogP contribution in [0.2, 0.25) is 0 Å². The van der Waals surface area contributed by atoms with E-state index >= 15 is 0 Å². The van der Waals surface area contributed by atoms with Crippen LogP contribution in [0.15, 0.2) is 40.8 Å². The molecule has 0 fully saturated rings. The maximum absolute atomic E-state index is 10.8. The van der Waals surface area contributed by atoms with Crippen molar-refractivity contribution in [2.24, 2.45) is 0 Å². The summed E-state index contributed by atoms with van der Waals surface area (Å²) in [5, 5.41) is 8.87. The molecule has 1 aromatic heterocycles. The fourth-order valence-electron chi connectivity index (χ4n) is 3.06. The molecule has 0 atom stereocenters. The highest BCUT2D eigenvalue weighted by molar-refractivity contribution is 5.74. The number of aromatic nitrogens is 1. The van der Waals surface area contributed by atoms with Gasteiger partial charge < -0.3 is 24.9 Å². The smallest absolute Gasteiger partial charge is 0.303 e. The van der Waals surface area contributed by atoms with Crippen LogP contribution in [0.3, 0.4) is 0 Å². The van der Waals surface area contributed by atoms with Gasteiger partial charge in [0.05, 0.1) is 6.54 Å². The number of fused-ring (bicyclic) bond motifs is 1. The van der Waals surface area contributed by atoms with E-state index < -0.39 is 5.97 Å². The first kappa shape index (κ1) is 19.5. The Balaban J connectivity index is 1.63. The molecule has 2 aromatic carbocycles. The van der Waals surface area contributed by atoms with Gasteiger partial charge in [-0.25, -0.2) is 0 Å². The fourth-order valence-corrected chi connectivity index (χ4v) is 3.06. The summed E-state index contributed by atoms with van der Waals surface area (Å²) in [6.07, 6.45) is 1.18. The zero-order valence-corrected chi connectivity index (χ0v) is 16.1. The Labute approximate surface area is 163 Å². The molecule has 148 valence electrons. The maximum Gasteiger partial charge on any atom is 0.303 e. The number of nitrogen functional groups attached to an aromatic ring is 1. The molecule has 0 unspecified atom stereocenters. The van der Waals surface area contributed by atoms with Gasteiger partial charge in [-0.2, -0.15) is 4.98 Å². The van der Waals surface area contributed by atoms with Gasteiger partial charge in [0.2, 0.25) is 0 Å². The van der Waals surface area contributed by atoms with Gasteiger partial charge in [-0.05, 0) is 36.6 Å². The van der Waals surface area contributed by atoms with E-state index in [1.165, 1.54) is 0 Å². The van der Waals surface area contributed by atoms with Crippen LogP contribution in [0.5, 0.6) is 5.75 Å². The van der Waals surface area contributed by atoms with Gasteiger partial charge in [0.25, 0.3) is 6.01 Å². The number of nitrogens with zero attached hydrogens (tertiary/aromatic N) is 2. The van der Waals surface area contributed by atoms with E-state index in [-0.39, 0.29) is 6.42 Å². The fraction of sp³-hybridized carbons (Fsp3) is 0.333. The average molecular weight is 383 g/mol. The molecule has 3 rings (SSSR count). The molecular formula is C21H25N3O4. The molecule has 0 aliphatic heterocycles. The van der Waals surface area contributed by atoms with Gasteiger partial charge in [0.1, 0.15) is 17.9 Å². The Morgan fingerprint density at radius 1 is 1.29 bits per heavy atom. The number of benzene rings is 2. The van der Waals surface area contributed by atoms with Gasteiger partial charge in [0.15, 0.2) is 5.58 Å². The minimum absolute atomic E-state index is 0.0584. The Morgan fingerprint density at radius 2 is 2.07 bits per heavy atom. The molecule has 7 heteroatoms. The number of nitrogens with two attached hydrogens (primary N) is 1. The molecule has 3 N–H and O–H groups in total. The molecule has 0 saturated carbocycles. The molecule has 7 nitrogen and oxygen atoms in total. The zero-order chi connectivity index (χ0) is 20.1. The van der Waals surface area contributed by atoms with Crippen molar-refractivity contribution in [1.82, 2.24) is 4.98 Å². The molecule has 0 aliphatic carbocycles. The largest absolute Gasteiger partial charge is 0.491 e. The number of oxazole rings is 1. The Morgan fingerprint density at radius 3 is 2.79 bits per heavy atom. The maximum atomic E-state index is 10.8. The third-order valence-electron chi connectivity index (χ3n) is 4.66. The summed E-state index contributed by atoms with van der Waals surface area (Å²) in [7, 11) is 1.90. The van der Waals surface area contributed by atoms with Crippen molar-refractivity contribution in [2.75, 3.05) is 30.8 Å². The number of para-hydroxylation sites is 2. The molecule has 1 heterocycles. The van der Waals surface area contributed by atoms with E-state index in [0.717, 1.165) is 28.0 Å². The number of hydrogen-bond acceptors (Lipinski definition) is 6. The molecule has 0 bridgehead atoms. The van der Waals surface area contributed by atoms with Crippen molar-refractivity contribution in [3.63, 3.8) is 0 Å². The summed E-state index contributed by atoms with van der Waals surface area (Å²) < 4.78 is 11.7. The lowest BCUT2D eigenvalue weighted by Crippen LogP contribution is -2.24. The van der Waals surface area contributed by atoms with Gasteiger partial charge in [0, 0.05) is 24.7 Å². The number of carboxylic acid groups (broad SMARTS) is 1. The first-order valence-corrected chi connectivity index (χ1v) is 9.31. The number of aliphatic carboxylic acids is 1. The van der Waals surface area contributed by atoms with Gasteiger partial charge in [-0.1, -0.05) is 25.1 Å². The molecule has 28 heavy (non-hydrogen) atoms. The number of hydrogen-bond donors (Lipinski definition) is 2. The van der Waals surface area contributed by atoms with Crippen LogP contribution < -0.4 is 15.4 Å². The molecule has 0 spiro atoms. The summed E-state index contributed by atoms with van der Waals surface area (Å²) in [5.74, 6) is -0.106. The number of carboxylic acids is 1. The van der Waals surface area contributed by atoms with Crippen LogP contribution in [0, 0.1) is 0 Å². The first-order valence-electron chi connectivity index (χ1n) is 9.31. The molecule has 0 aliphatic rings. The predicted molar refractivity (Wildman–Crippen MR) is 109 cm³/mol. The van der Waals surface area contributed by atoms with E-state index in [0.29, 0.717) is 37.7 Å². The highest BCUT2D eigenvalue weighted by Crippen LogP contribution is 2.29. The second kappa shape index (κ2) is 8.65.